The van der Waals surface area contributed by atoms with Crippen molar-refractivity contribution in [1.82, 2.24) is 10.2 Å². The summed E-state index contributed by atoms with van der Waals surface area (Å²) in [5, 5.41) is 2.58. The highest BCUT2D eigenvalue weighted by Crippen LogP contribution is 2.37. The van der Waals surface area contributed by atoms with Crippen molar-refractivity contribution in [3.05, 3.63) is 0 Å². The monoisotopic (exact) mass is 292 g/mol. The molecule has 0 bridgehead atoms. The van der Waals surface area contributed by atoms with Gasteiger partial charge in [0.2, 0.25) is 5.91 Å². The van der Waals surface area contributed by atoms with Crippen LogP contribution in [0, 0.1) is 11.8 Å². The van der Waals surface area contributed by atoms with Gasteiger partial charge in [0.05, 0.1) is 6.54 Å². The summed E-state index contributed by atoms with van der Waals surface area (Å²) < 4.78 is 36.9. The lowest BCUT2D eigenvalue weighted by atomic mass is 9.89. The van der Waals surface area contributed by atoms with E-state index in [0.29, 0.717) is 25.4 Å². The fourth-order valence-electron chi connectivity index (χ4n) is 3.03. The molecule has 1 amide bonds. The van der Waals surface area contributed by atoms with Gasteiger partial charge in [-0.15, -0.1) is 0 Å². The van der Waals surface area contributed by atoms with Gasteiger partial charge in [-0.05, 0) is 24.7 Å². The molecule has 0 aromatic rings. The molecule has 2 unspecified atom stereocenters. The van der Waals surface area contributed by atoms with Crippen molar-refractivity contribution in [3.63, 3.8) is 0 Å². The molecule has 116 valence electrons. The van der Waals surface area contributed by atoms with Crippen LogP contribution in [-0.2, 0) is 4.79 Å². The van der Waals surface area contributed by atoms with Crippen LogP contribution in [0.3, 0.4) is 0 Å². The van der Waals surface area contributed by atoms with E-state index in [1.807, 2.05) is 0 Å². The van der Waals surface area contributed by atoms with Crippen LogP contribution in [0.15, 0.2) is 0 Å². The van der Waals surface area contributed by atoms with Gasteiger partial charge in [0.1, 0.15) is 0 Å². The second kappa shape index (κ2) is 6.33. The maximum atomic E-state index is 12.3. The Morgan fingerprint density at radius 3 is 2.50 bits per heavy atom. The summed E-state index contributed by atoms with van der Waals surface area (Å²) in [6, 6.07) is -0.232. The Bertz CT molecular complexity index is 342. The quantitative estimate of drug-likeness (QED) is 0.844. The van der Waals surface area contributed by atoms with Crippen LogP contribution < -0.4 is 5.32 Å². The minimum atomic E-state index is -4.19. The van der Waals surface area contributed by atoms with Crippen molar-refractivity contribution in [1.29, 1.82) is 0 Å². The largest absolute Gasteiger partial charge is 0.401 e. The standard InChI is InChI=1S/C14H23F3N2O/c1-2-13(20)19-7-11(5-10-3-4-10)6-12(8-19)18-9-14(15,16)17/h10-12,18H,2-9H2,1H3. The molecule has 20 heavy (non-hydrogen) atoms. The van der Waals surface area contributed by atoms with Crippen molar-refractivity contribution in [2.24, 2.45) is 11.8 Å². The first-order chi connectivity index (χ1) is 9.37. The normalized spacial score (nSPS) is 27.7. The molecule has 2 rings (SSSR count). The van der Waals surface area contributed by atoms with Crippen LogP contribution in [0.1, 0.15) is 39.0 Å². The van der Waals surface area contributed by atoms with E-state index >= 15 is 0 Å². The van der Waals surface area contributed by atoms with Crippen molar-refractivity contribution >= 4 is 5.91 Å². The second-order valence-electron chi connectivity index (χ2n) is 6.13. The molecule has 0 spiro atoms. The van der Waals surface area contributed by atoms with Crippen LogP contribution in [0.5, 0.6) is 0 Å². The molecule has 3 nitrogen and oxygen atoms in total. The maximum absolute atomic E-state index is 12.3. The van der Waals surface area contributed by atoms with E-state index < -0.39 is 12.7 Å². The summed E-state index contributed by atoms with van der Waals surface area (Å²) in [5.41, 5.74) is 0. The van der Waals surface area contributed by atoms with Gasteiger partial charge in [-0.25, -0.2) is 0 Å². The van der Waals surface area contributed by atoms with E-state index in [-0.39, 0.29) is 11.9 Å². The molecule has 1 aliphatic heterocycles. The number of hydrogen-bond acceptors (Lipinski definition) is 2. The lowest BCUT2D eigenvalue weighted by Crippen LogP contribution is -2.52. The molecule has 1 aliphatic carbocycles. The Balaban J connectivity index is 1.90. The van der Waals surface area contributed by atoms with E-state index in [2.05, 4.69) is 5.32 Å². The molecule has 0 aromatic carbocycles. The molecule has 2 atom stereocenters. The molecule has 1 heterocycles. The number of nitrogens with zero attached hydrogens (tertiary/aromatic N) is 1. The van der Waals surface area contributed by atoms with E-state index in [1.54, 1.807) is 11.8 Å². The highest BCUT2D eigenvalue weighted by molar-refractivity contribution is 5.76. The van der Waals surface area contributed by atoms with Crippen LogP contribution in [-0.4, -0.2) is 42.7 Å². The van der Waals surface area contributed by atoms with Gasteiger partial charge >= 0.3 is 6.18 Å². The number of carbonyl (C=O) groups is 1. The van der Waals surface area contributed by atoms with Crippen LogP contribution >= 0.6 is 0 Å². The highest BCUT2D eigenvalue weighted by Gasteiger charge is 2.35. The number of carbonyl (C=O) groups excluding carboxylic acids is 1. The summed E-state index contributed by atoms with van der Waals surface area (Å²) in [4.78, 5) is 13.6. The minimum Gasteiger partial charge on any atom is -0.341 e. The zero-order valence-electron chi connectivity index (χ0n) is 11.9. The van der Waals surface area contributed by atoms with Gasteiger partial charge in [0, 0.05) is 25.6 Å². The molecule has 2 aliphatic rings. The predicted octanol–water partition coefficient (Wildman–Crippen LogP) is 2.57. The van der Waals surface area contributed by atoms with Gasteiger partial charge in [-0.1, -0.05) is 19.8 Å². The number of hydrogen-bond donors (Lipinski definition) is 1. The lowest BCUT2D eigenvalue weighted by molar-refractivity contribution is -0.135. The zero-order valence-corrected chi connectivity index (χ0v) is 11.9. The second-order valence-corrected chi connectivity index (χ2v) is 6.13. The number of likely N-dealkylation sites (tertiary alicyclic amines) is 1. The third-order valence-electron chi connectivity index (χ3n) is 4.15. The van der Waals surface area contributed by atoms with Crippen LogP contribution in [0.4, 0.5) is 13.2 Å². The zero-order chi connectivity index (χ0) is 14.8. The SMILES string of the molecule is CCC(=O)N1CC(CC2CC2)CC(NCC(F)(F)F)C1. The van der Waals surface area contributed by atoms with Crippen LogP contribution in [0.2, 0.25) is 0 Å². The molecule has 6 heteroatoms. The van der Waals surface area contributed by atoms with Gasteiger partial charge in [0.15, 0.2) is 0 Å². The molecular formula is C14H23F3N2O. The Labute approximate surface area is 117 Å². The molecular weight excluding hydrogens is 269 g/mol. The molecule has 0 aromatic heterocycles. The van der Waals surface area contributed by atoms with Gasteiger partial charge in [-0.3, -0.25) is 4.79 Å². The lowest BCUT2D eigenvalue weighted by Gasteiger charge is -2.38. The van der Waals surface area contributed by atoms with E-state index in [9.17, 15) is 18.0 Å². The molecule has 0 radical (unpaired) electrons. The predicted molar refractivity (Wildman–Crippen MR) is 70.2 cm³/mol. The average molecular weight is 292 g/mol. The Morgan fingerprint density at radius 1 is 1.25 bits per heavy atom. The number of halogens is 3. The Kier molecular flexibility index (Phi) is 4.94. The molecule has 1 saturated heterocycles. The smallest absolute Gasteiger partial charge is 0.341 e. The van der Waals surface area contributed by atoms with E-state index in [1.165, 1.54) is 12.8 Å². The van der Waals surface area contributed by atoms with E-state index in [0.717, 1.165) is 18.8 Å². The first kappa shape index (κ1) is 15.6. The third kappa shape index (κ3) is 4.96. The topological polar surface area (TPSA) is 32.3 Å². The van der Waals surface area contributed by atoms with Gasteiger partial charge in [0.25, 0.3) is 0 Å². The number of piperidine rings is 1. The highest BCUT2D eigenvalue weighted by atomic mass is 19.4. The first-order valence-corrected chi connectivity index (χ1v) is 7.45. The third-order valence-corrected chi connectivity index (χ3v) is 4.15. The van der Waals surface area contributed by atoms with Gasteiger partial charge < -0.3 is 10.2 Å². The Morgan fingerprint density at radius 2 is 1.95 bits per heavy atom. The summed E-state index contributed by atoms with van der Waals surface area (Å²) in [6.45, 7) is 1.95. The van der Waals surface area contributed by atoms with Crippen molar-refractivity contribution in [2.45, 2.75) is 51.2 Å². The summed E-state index contributed by atoms with van der Waals surface area (Å²) in [5.74, 6) is 1.13. The fraction of sp³-hybridized carbons (Fsp3) is 0.929. The number of nitrogens with one attached hydrogen (secondary N) is 1. The number of alkyl halides is 3. The molecule has 1 N–H and O–H groups in total. The fourth-order valence-corrected chi connectivity index (χ4v) is 3.03. The average Bonchev–Trinajstić information content (AvgIpc) is 3.18. The summed E-state index contributed by atoms with van der Waals surface area (Å²) in [6.07, 6.45) is 0.501. The Hall–Kier alpha value is -0.780. The van der Waals surface area contributed by atoms with Crippen LogP contribution in [0.25, 0.3) is 0 Å². The summed E-state index contributed by atoms with van der Waals surface area (Å²) >= 11 is 0. The molecule has 2 fully saturated rings. The van der Waals surface area contributed by atoms with Crippen molar-refractivity contribution in [2.75, 3.05) is 19.6 Å². The first-order valence-electron chi connectivity index (χ1n) is 7.45. The van der Waals surface area contributed by atoms with E-state index in [4.69, 9.17) is 0 Å². The molecule has 1 saturated carbocycles. The maximum Gasteiger partial charge on any atom is 0.401 e. The summed E-state index contributed by atoms with van der Waals surface area (Å²) in [7, 11) is 0. The number of amides is 1. The van der Waals surface area contributed by atoms with Gasteiger partial charge in [-0.2, -0.15) is 13.2 Å². The number of rotatable bonds is 5. The van der Waals surface area contributed by atoms with Crippen molar-refractivity contribution < 1.29 is 18.0 Å². The minimum absolute atomic E-state index is 0.0457. The van der Waals surface area contributed by atoms with Crippen molar-refractivity contribution in [3.8, 4) is 0 Å².